The number of nitrogens with zero attached hydrogens (tertiary/aromatic N) is 1. The molecule has 3 nitrogen and oxygen atoms in total. The van der Waals surface area contributed by atoms with E-state index in [9.17, 15) is 0 Å². The third-order valence-electron chi connectivity index (χ3n) is 4.28. The number of pyridine rings is 1. The van der Waals surface area contributed by atoms with Gasteiger partial charge in [-0.2, -0.15) is 0 Å². The van der Waals surface area contributed by atoms with Gasteiger partial charge in [0.25, 0.3) is 0 Å². The number of rotatable bonds is 5. The van der Waals surface area contributed by atoms with Crippen LogP contribution < -0.4 is 10.1 Å². The molecule has 1 aliphatic carbocycles. The zero-order valence-electron chi connectivity index (χ0n) is 14.0. The Hall–Kier alpha value is -1.09. The molecule has 118 valence electrons. The Morgan fingerprint density at radius 3 is 2.71 bits per heavy atom. The monoisotopic (exact) mass is 290 g/mol. The molecular formula is C18H30N2O. The molecule has 1 N–H and O–H groups in total. The smallest absolute Gasteiger partial charge is 0.137 e. The second kappa shape index (κ2) is 7.26. The quantitative estimate of drug-likeness (QED) is 0.885. The second-order valence-corrected chi connectivity index (χ2v) is 7.17. The van der Waals surface area contributed by atoms with Gasteiger partial charge < -0.3 is 10.1 Å². The zero-order valence-corrected chi connectivity index (χ0v) is 14.0. The van der Waals surface area contributed by atoms with Crippen LogP contribution in [-0.4, -0.2) is 23.7 Å². The van der Waals surface area contributed by atoms with Crippen LogP contribution >= 0.6 is 0 Å². The first-order valence-corrected chi connectivity index (χ1v) is 8.32. The molecule has 1 aliphatic rings. The zero-order chi connectivity index (χ0) is 15.3. The van der Waals surface area contributed by atoms with Crippen molar-refractivity contribution in [3.8, 4) is 5.75 Å². The molecule has 1 aromatic rings. The fraction of sp³-hybridized carbons (Fsp3) is 0.722. The van der Waals surface area contributed by atoms with E-state index in [4.69, 9.17) is 4.74 Å². The number of hydrogen-bond acceptors (Lipinski definition) is 3. The fourth-order valence-corrected chi connectivity index (χ4v) is 3.21. The van der Waals surface area contributed by atoms with Crippen molar-refractivity contribution in [1.82, 2.24) is 10.3 Å². The van der Waals surface area contributed by atoms with Gasteiger partial charge in [0.2, 0.25) is 0 Å². The van der Waals surface area contributed by atoms with Crippen molar-refractivity contribution >= 4 is 0 Å². The van der Waals surface area contributed by atoms with Gasteiger partial charge in [-0.15, -0.1) is 0 Å². The van der Waals surface area contributed by atoms with Crippen LogP contribution in [0.25, 0.3) is 0 Å². The second-order valence-electron chi connectivity index (χ2n) is 7.17. The van der Waals surface area contributed by atoms with Gasteiger partial charge in [-0.05, 0) is 70.5 Å². The average molecular weight is 290 g/mol. The third-order valence-corrected chi connectivity index (χ3v) is 4.28. The highest BCUT2D eigenvalue weighted by Gasteiger charge is 2.27. The van der Waals surface area contributed by atoms with Crippen LogP contribution in [0.4, 0.5) is 0 Å². The average Bonchev–Trinajstić information content (AvgIpc) is 2.45. The lowest BCUT2D eigenvalue weighted by atomic mass is 9.75. The maximum absolute atomic E-state index is 5.61. The molecule has 2 unspecified atom stereocenters. The summed E-state index contributed by atoms with van der Waals surface area (Å²) in [7, 11) is 0. The molecule has 0 saturated heterocycles. The summed E-state index contributed by atoms with van der Waals surface area (Å²) in [6, 6.07) is 2.19. The molecule has 1 heterocycles. The van der Waals surface area contributed by atoms with Gasteiger partial charge in [-0.25, -0.2) is 0 Å². The summed E-state index contributed by atoms with van der Waals surface area (Å²) < 4.78 is 5.61. The van der Waals surface area contributed by atoms with E-state index in [-0.39, 0.29) is 5.54 Å². The molecule has 1 fully saturated rings. The van der Waals surface area contributed by atoms with Crippen molar-refractivity contribution in [2.24, 2.45) is 5.92 Å². The van der Waals surface area contributed by atoms with Gasteiger partial charge in [-0.3, -0.25) is 4.98 Å². The predicted octanol–water partition coefficient (Wildman–Crippen LogP) is 4.14. The minimum Gasteiger partial charge on any atom is -0.492 e. The first-order valence-electron chi connectivity index (χ1n) is 8.32. The normalized spacial score (nSPS) is 23.0. The summed E-state index contributed by atoms with van der Waals surface area (Å²) in [5.74, 6) is 2.22. The van der Waals surface area contributed by atoms with Crippen LogP contribution in [0.2, 0.25) is 0 Å². The van der Waals surface area contributed by atoms with E-state index < -0.39 is 0 Å². The fourth-order valence-electron chi connectivity index (χ4n) is 3.21. The van der Waals surface area contributed by atoms with E-state index in [0.29, 0.717) is 18.4 Å². The van der Waals surface area contributed by atoms with Crippen molar-refractivity contribution in [1.29, 1.82) is 0 Å². The van der Waals surface area contributed by atoms with Crippen molar-refractivity contribution in [2.75, 3.05) is 13.2 Å². The summed E-state index contributed by atoms with van der Waals surface area (Å²) in [6.07, 6.45) is 9.11. The standard InChI is InChI=1S/C18H30N2O/c1-5-21-16-10-15(11-19-13-16)17-9-7-6-8-14(17)12-20-18(2,3)4/h10-11,13-14,17,20H,5-9,12H2,1-4H3. The number of ether oxygens (including phenoxy) is 1. The number of aromatic nitrogens is 1. The highest BCUT2D eigenvalue weighted by atomic mass is 16.5. The minimum atomic E-state index is 0.188. The van der Waals surface area contributed by atoms with Crippen molar-refractivity contribution < 1.29 is 4.74 Å². The van der Waals surface area contributed by atoms with Crippen LogP contribution in [0.5, 0.6) is 5.75 Å². The molecule has 0 aromatic carbocycles. The lowest BCUT2D eigenvalue weighted by Crippen LogP contribution is -2.41. The highest BCUT2D eigenvalue weighted by molar-refractivity contribution is 5.27. The molecule has 0 radical (unpaired) electrons. The minimum absolute atomic E-state index is 0.188. The van der Waals surface area contributed by atoms with E-state index in [1.54, 1.807) is 0 Å². The number of nitrogens with one attached hydrogen (secondary N) is 1. The van der Waals surface area contributed by atoms with E-state index in [2.05, 4.69) is 37.1 Å². The van der Waals surface area contributed by atoms with Crippen LogP contribution in [0, 0.1) is 5.92 Å². The molecule has 0 spiro atoms. The largest absolute Gasteiger partial charge is 0.492 e. The summed E-state index contributed by atoms with van der Waals surface area (Å²) in [5, 5.41) is 3.68. The topological polar surface area (TPSA) is 34.1 Å². The van der Waals surface area contributed by atoms with Crippen LogP contribution in [0.15, 0.2) is 18.5 Å². The van der Waals surface area contributed by atoms with E-state index in [1.807, 2.05) is 19.3 Å². The maximum atomic E-state index is 5.61. The summed E-state index contributed by atoms with van der Waals surface area (Å²) in [4.78, 5) is 4.38. The molecule has 2 rings (SSSR count). The highest BCUT2D eigenvalue weighted by Crippen LogP contribution is 2.38. The van der Waals surface area contributed by atoms with Crippen molar-refractivity contribution in [2.45, 2.75) is 64.8 Å². The SMILES string of the molecule is CCOc1cncc(C2CCCCC2CNC(C)(C)C)c1. The molecule has 21 heavy (non-hydrogen) atoms. The van der Waals surface area contributed by atoms with Gasteiger partial charge in [0, 0.05) is 11.7 Å². The maximum Gasteiger partial charge on any atom is 0.137 e. The molecule has 3 heteroatoms. The summed E-state index contributed by atoms with van der Waals surface area (Å²) in [5.41, 5.74) is 1.54. The number of hydrogen-bond donors (Lipinski definition) is 1. The molecule has 2 atom stereocenters. The van der Waals surface area contributed by atoms with E-state index in [0.717, 1.165) is 12.3 Å². The Morgan fingerprint density at radius 2 is 2.00 bits per heavy atom. The molecule has 0 amide bonds. The van der Waals surface area contributed by atoms with Crippen LogP contribution in [-0.2, 0) is 0 Å². The Bertz CT molecular complexity index is 439. The first kappa shape index (κ1) is 16.3. The lowest BCUT2D eigenvalue weighted by Gasteiger charge is -2.34. The Labute approximate surface area is 129 Å². The lowest BCUT2D eigenvalue weighted by molar-refractivity contribution is 0.268. The Kier molecular flexibility index (Phi) is 5.63. The molecule has 1 aromatic heterocycles. The van der Waals surface area contributed by atoms with Gasteiger partial charge in [0.05, 0.1) is 12.8 Å². The van der Waals surface area contributed by atoms with Gasteiger partial charge in [-0.1, -0.05) is 12.8 Å². The van der Waals surface area contributed by atoms with Crippen LogP contribution in [0.3, 0.4) is 0 Å². The molecular weight excluding hydrogens is 260 g/mol. The predicted molar refractivity (Wildman–Crippen MR) is 87.9 cm³/mol. The van der Waals surface area contributed by atoms with Gasteiger partial charge in [0.1, 0.15) is 5.75 Å². The van der Waals surface area contributed by atoms with E-state index >= 15 is 0 Å². The van der Waals surface area contributed by atoms with E-state index in [1.165, 1.54) is 31.2 Å². The Morgan fingerprint density at radius 1 is 1.24 bits per heavy atom. The summed E-state index contributed by atoms with van der Waals surface area (Å²) >= 11 is 0. The van der Waals surface area contributed by atoms with Gasteiger partial charge in [0.15, 0.2) is 0 Å². The van der Waals surface area contributed by atoms with Crippen molar-refractivity contribution in [3.05, 3.63) is 24.0 Å². The van der Waals surface area contributed by atoms with Crippen LogP contribution in [0.1, 0.15) is 64.9 Å². The molecule has 0 bridgehead atoms. The molecule has 0 aliphatic heterocycles. The summed E-state index contributed by atoms with van der Waals surface area (Å²) in [6.45, 7) is 10.5. The first-order chi connectivity index (χ1) is 9.99. The Balaban J connectivity index is 2.08. The van der Waals surface area contributed by atoms with Crippen molar-refractivity contribution in [3.63, 3.8) is 0 Å². The third kappa shape index (κ3) is 4.99. The van der Waals surface area contributed by atoms with Gasteiger partial charge >= 0.3 is 0 Å². The molecule has 1 saturated carbocycles.